The number of hydrogen-bond donors (Lipinski definition) is 0. The summed E-state index contributed by atoms with van der Waals surface area (Å²) in [5.74, 6) is 0.891. The SMILES string of the molecule is c1ccc(-n2c3ccccc3c3c4c5ccc([Si](c6ccccc6)(c6ccccc6)c6ccc7c8ccccc8n8ccnc8c7c6)cc5n(-c5ccccn5)c4ccc32)cc1. The van der Waals surface area contributed by atoms with Gasteiger partial charge in [-0.05, 0) is 80.7 Å². The van der Waals surface area contributed by atoms with Crippen molar-refractivity contribution in [3.63, 3.8) is 0 Å². The van der Waals surface area contributed by atoms with Crippen LogP contribution in [0.15, 0.2) is 225 Å². The number of imidazole rings is 1. The summed E-state index contributed by atoms with van der Waals surface area (Å²) in [6.45, 7) is 0. The lowest BCUT2D eigenvalue weighted by Gasteiger charge is -2.35. The Morgan fingerprint density at radius 3 is 1.63 bits per heavy atom. The first-order chi connectivity index (χ1) is 30.8. The fourth-order valence-electron chi connectivity index (χ4n) is 10.6. The fourth-order valence-corrected chi connectivity index (χ4v) is 15.3. The second-order valence-corrected chi connectivity index (χ2v) is 20.0. The molecule has 0 spiro atoms. The number of para-hydroxylation sites is 3. The number of nitrogens with zero attached hydrogens (tertiary/aromatic N) is 5. The lowest BCUT2D eigenvalue weighted by molar-refractivity contribution is 1.08. The van der Waals surface area contributed by atoms with Crippen molar-refractivity contribution >= 4 is 99.8 Å². The van der Waals surface area contributed by atoms with Crippen LogP contribution in [0.3, 0.4) is 0 Å². The van der Waals surface area contributed by atoms with Crippen LogP contribution in [0, 0.1) is 0 Å². The molecule has 5 heterocycles. The first-order valence-corrected chi connectivity index (χ1v) is 23.2. The summed E-state index contributed by atoms with van der Waals surface area (Å²) in [5, 5.41) is 13.7. The minimum absolute atomic E-state index is 0.891. The van der Waals surface area contributed by atoms with Crippen LogP contribution in [-0.4, -0.2) is 31.6 Å². The van der Waals surface area contributed by atoms with Crippen molar-refractivity contribution in [2.24, 2.45) is 0 Å². The van der Waals surface area contributed by atoms with Gasteiger partial charge in [-0.25, -0.2) is 9.97 Å². The molecule has 0 aliphatic heterocycles. The number of fused-ring (bicyclic) bond motifs is 13. The summed E-state index contributed by atoms with van der Waals surface area (Å²) < 4.78 is 7.03. The van der Waals surface area contributed by atoms with Crippen molar-refractivity contribution in [1.82, 2.24) is 23.5 Å². The van der Waals surface area contributed by atoms with Crippen LogP contribution < -0.4 is 20.7 Å². The van der Waals surface area contributed by atoms with Crippen LogP contribution in [-0.2, 0) is 0 Å². The second kappa shape index (κ2) is 13.5. The molecule has 0 aliphatic carbocycles. The topological polar surface area (TPSA) is 40.0 Å². The van der Waals surface area contributed by atoms with Gasteiger partial charge >= 0.3 is 0 Å². The number of aromatic nitrogens is 5. The fraction of sp³-hybridized carbons (Fsp3) is 0. The molecule has 0 atom stereocenters. The van der Waals surface area contributed by atoms with E-state index in [4.69, 9.17) is 9.97 Å². The van der Waals surface area contributed by atoms with E-state index < -0.39 is 8.07 Å². The molecule has 0 bridgehead atoms. The molecule has 13 rings (SSSR count). The van der Waals surface area contributed by atoms with Gasteiger partial charge in [0.25, 0.3) is 0 Å². The van der Waals surface area contributed by atoms with Crippen molar-refractivity contribution < 1.29 is 0 Å². The van der Waals surface area contributed by atoms with Gasteiger partial charge < -0.3 is 4.57 Å². The van der Waals surface area contributed by atoms with Gasteiger partial charge in [0.15, 0.2) is 8.07 Å². The smallest absolute Gasteiger partial charge is 0.179 e. The van der Waals surface area contributed by atoms with Crippen LogP contribution in [0.5, 0.6) is 0 Å². The third-order valence-electron chi connectivity index (χ3n) is 13.1. The van der Waals surface area contributed by atoms with Gasteiger partial charge in [-0.15, -0.1) is 0 Å². The van der Waals surface area contributed by atoms with E-state index in [1.165, 1.54) is 64.1 Å². The maximum absolute atomic E-state index is 5.03. The van der Waals surface area contributed by atoms with Crippen LogP contribution in [0.2, 0.25) is 0 Å². The van der Waals surface area contributed by atoms with Crippen LogP contribution >= 0.6 is 0 Å². The molecule has 13 aromatic rings. The summed E-state index contributed by atoms with van der Waals surface area (Å²) in [6.07, 6.45) is 5.91. The van der Waals surface area contributed by atoms with E-state index in [2.05, 4.69) is 220 Å². The van der Waals surface area contributed by atoms with Crippen molar-refractivity contribution in [2.75, 3.05) is 0 Å². The van der Waals surface area contributed by atoms with Gasteiger partial charge in [-0.2, -0.15) is 0 Å². The van der Waals surface area contributed by atoms with Crippen molar-refractivity contribution in [3.8, 4) is 11.5 Å². The molecule has 0 amide bonds. The molecule has 0 radical (unpaired) electrons. The molecule has 5 nitrogen and oxygen atoms in total. The van der Waals surface area contributed by atoms with E-state index in [0.29, 0.717) is 0 Å². The lowest BCUT2D eigenvalue weighted by Crippen LogP contribution is -2.74. The predicted octanol–water partition coefficient (Wildman–Crippen LogP) is 10.6. The van der Waals surface area contributed by atoms with Crippen molar-refractivity contribution in [1.29, 1.82) is 0 Å². The highest BCUT2D eigenvalue weighted by Gasteiger charge is 2.42. The van der Waals surface area contributed by atoms with E-state index in [9.17, 15) is 0 Å². The highest BCUT2D eigenvalue weighted by atomic mass is 28.3. The molecule has 0 saturated carbocycles. The third kappa shape index (κ3) is 4.84. The minimum Gasteiger partial charge on any atom is -0.309 e. The summed E-state index contributed by atoms with van der Waals surface area (Å²) >= 11 is 0. The second-order valence-electron chi connectivity index (χ2n) is 16.2. The average Bonchev–Trinajstić information content (AvgIpc) is 4.06. The maximum atomic E-state index is 5.03. The quantitative estimate of drug-likeness (QED) is 0.0954. The predicted molar refractivity (Wildman–Crippen MR) is 260 cm³/mol. The molecule has 8 aromatic carbocycles. The molecule has 0 aliphatic rings. The van der Waals surface area contributed by atoms with E-state index in [0.717, 1.165) is 39.1 Å². The summed E-state index contributed by atoms with van der Waals surface area (Å²) in [5.41, 5.74) is 7.90. The largest absolute Gasteiger partial charge is 0.309 e. The Balaban J connectivity index is 1.18. The number of pyridine rings is 2. The summed E-state index contributed by atoms with van der Waals surface area (Å²) in [6, 6.07) is 76.0. The highest BCUT2D eigenvalue weighted by Crippen LogP contribution is 2.42. The molecular formula is C56H37N5Si. The zero-order valence-corrected chi connectivity index (χ0v) is 34.6. The van der Waals surface area contributed by atoms with Crippen LogP contribution in [0.1, 0.15) is 0 Å². The number of hydrogen-bond acceptors (Lipinski definition) is 2. The standard InChI is InChI=1S/C56H37N5Si/c1-4-16-38(17-5-1)60-49-25-13-11-23-45(49)54-50(60)31-32-51-55(54)46-30-28-42(37-52(46)61(51)53-26-14-15-33-57-53)62(39-18-6-2-7-19-39,40-20-8-3-9-21-40)41-27-29-43-44-22-10-12-24-48(44)59-35-34-58-56(59)47(43)36-41/h1-37H. The minimum atomic E-state index is -3.05. The molecule has 290 valence electrons. The van der Waals surface area contributed by atoms with Crippen LogP contribution in [0.25, 0.3) is 82.4 Å². The maximum Gasteiger partial charge on any atom is 0.179 e. The van der Waals surface area contributed by atoms with Crippen LogP contribution in [0.4, 0.5) is 0 Å². The number of benzene rings is 8. The lowest BCUT2D eigenvalue weighted by atomic mass is 10.1. The van der Waals surface area contributed by atoms with Gasteiger partial charge in [0.1, 0.15) is 11.5 Å². The third-order valence-corrected chi connectivity index (χ3v) is 17.8. The molecule has 0 unspecified atom stereocenters. The normalized spacial score (nSPS) is 12.2. The summed E-state index contributed by atoms with van der Waals surface area (Å²) in [7, 11) is -3.05. The average molecular weight is 808 g/mol. The van der Waals surface area contributed by atoms with E-state index in [-0.39, 0.29) is 0 Å². The Hall–Kier alpha value is -8.06. The summed E-state index contributed by atoms with van der Waals surface area (Å²) in [4.78, 5) is 10.0. The van der Waals surface area contributed by atoms with Gasteiger partial charge in [0, 0.05) is 56.6 Å². The van der Waals surface area contributed by atoms with E-state index >= 15 is 0 Å². The Kier molecular flexibility index (Phi) is 7.56. The Labute approximate surface area is 358 Å². The van der Waals surface area contributed by atoms with Gasteiger partial charge in [-0.3, -0.25) is 8.97 Å². The molecule has 0 saturated heterocycles. The van der Waals surface area contributed by atoms with Gasteiger partial charge in [0.05, 0.1) is 27.6 Å². The molecule has 62 heavy (non-hydrogen) atoms. The molecule has 6 heteroatoms. The molecular weight excluding hydrogens is 771 g/mol. The van der Waals surface area contributed by atoms with Gasteiger partial charge in [0.2, 0.25) is 0 Å². The number of rotatable bonds is 6. The zero-order chi connectivity index (χ0) is 40.8. The Bertz CT molecular complexity index is 3810. The van der Waals surface area contributed by atoms with E-state index in [1.807, 2.05) is 18.5 Å². The molecule has 0 N–H and O–H groups in total. The molecule has 0 fully saturated rings. The Morgan fingerprint density at radius 2 is 0.919 bits per heavy atom. The molecule has 5 aromatic heterocycles. The monoisotopic (exact) mass is 807 g/mol. The van der Waals surface area contributed by atoms with Gasteiger partial charge in [-0.1, -0.05) is 152 Å². The van der Waals surface area contributed by atoms with E-state index in [1.54, 1.807) is 0 Å². The zero-order valence-electron chi connectivity index (χ0n) is 33.6. The first-order valence-electron chi connectivity index (χ1n) is 21.2. The Morgan fingerprint density at radius 1 is 0.339 bits per heavy atom. The van der Waals surface area contributed by atoms with Crippen molar-refractivity contribution in [3.05, 3.63) is 225 Å². The van der Waals surface area contributed by atoms with Crippen molar-refractivity contribution in [2.45, 2.75) is 0 Å². The first kappa shape index (κ1) is 34.8. The highest BCUT2D eigenvalue weighted by molar-refractivity contribution is 7.20.